The molecule has 0 saturated heterocycles. The molecule has 0 radical (unpaired) electrons. The Hall–Kier alpha value is -0.0600. The van der Waals surface area contributed by atoms with E-state index in [0.29, 0.717) is 0 Å². The van der Waals surface area contributed by atoms with Gasteiger partial charge >= 0.3 is 0 Å². The van der Waals surface area contributed by atoms with Gasteiger partial charge in [-0.2, -0.15) is 0 Å². The lowest BCUT2D eigenvalue weighted by Crippen LogP contribution is -2.15. The molecule has 0 aliphatic carbocycles. The molecular formula is C6H4ClF2IN2O2S. The molecule has 0 amide bonds. The van der Waals surface area contributed by atoms with Crippen molar-refractivity contribution >= 4 is 44.2 Å². The average Bonchev–Trinajstić information content (AvgIpc) is 2.06. The summed E-state index contributed by atoms with van der Waals surface area (Å²) in [4.78, 5) is 3.02. The van der Waals surface area contributed by atoms with Crippen LogP contribution in [0.1, 0.15) is 12.1 Å². The second-order valence-electron chi connectivity index (χ2n) is 2.49. The average molecular weight is 369 g/mol. The van der Waals surface area contributed by atoms with E-state index >= 15 is 0 Å². The Bertz CT molecular complexity index is 494. The number of sulfonamides is 1. The zero-order chi connectivity index (χ0) is 11.8. The van der Waals surface area contributed by atoms with Crippen molar-refractivity contribution in [2.75, 3.05) is 0 Å². The van der Waals surface area contributed by atoms with Crippen molar-refractivity contribution in [2.45, 2.75) is 11.3 Å². The van der Waals surface area contributed by atoms with Crippen LogP contribution in [0.2, 0.25) is 5.02 Å². The summed E-state index contributed by atoms with van der Waals surface area (Å²) >= 11 is 6.94. The van der Waals surface area contributed by atoms with Gasteiger partial charge in [0, 0.05) is 0 Å². The summed E-state index contributed by atoms with van der Waals surface area (Å²) in [7, 11) is -4.00. The van der Waals surface area contributed by atoms with E-state index in [9.17, 15) is 17.2 Å². The predicted molar refractivity (Wildman–Crippen MR) is 58.3 cm³/mol. The molecular weight excluding hydrogens is 364 g/mol. The summed E-state index contributed by atoms with van der Waals surface area (Å²) in [6.45, 7) is 0. The number of hydrogen-bond donors (Lipinski definition) is 1. The maximum atomic E-state index is 12.3. The van der Waals surface area contributed by atoms with Crippen LogP contribution in [0.25, 0.3) is 0 Å². The molecule has 0 bridgehead atoms. The Balaban J connectivity index is 3.46. The molecule has 0 aromatic carbocycles. The number of rotatable bonds is 2. The SMILES string of the molecule is NS(=O)(=O)c1cc(Cl)c(C(F)F)nc1I. The van der Waals surface area contributed by atoms with Crippen LogP contribution in [0.5, 0.6) is 0 Å². The van der Waals surface area contributed by atoms with Gasteiger partial charge in [-0.25, -0.2) is 27.3 Å². The summed E-state index contributed by atoms with van der Waals surface area (Å²) in [6.07, 6.45) is -2.86. The highest BCUT2D eigenvalue weighted by Gasteiger charge is 2.21. The molecule has 0 atom stereocenters. The minimum absolute atomic E-state index is 0.130. The number of halogens is 4. The van der Waals surface area contributed by atoms with Gasteiger partial charge in [-0.1, -0.05) is 11.6 Å². The predicted octanol–water partition coefficient (Wildman–Crippen LogP) is 1.92. The van der Waals surface area contributed by atoms with E-state index in [1.807, 2.05) is 0 Å². The summed E-state index contributed by atoms with van der Waals surface area (Å²) < 4.78 is 46.4. The van der Waals surface area contributed by atoms with Crippen LogP contribution in [0.3, 0.4) is 0 Å². The Morgan fingerprint density at radius 3 is 2.47 bits per heavy atom. The number of nitrogens with zero attached hydrogens (tertiary/aromatic N) is 1. The first-order valence-corrected chi connectivity index (χ1v) is 6.40. The Morgan fingerprint density at radius 1 is 1.53 bits per heavy atom. The third kappa shape index (κ3) is 2.95. The maximum Gasteiger partial charge on any atom is 0.281 e. The monoisotopic (exact) mass is 368 g/mol. The lowest BCUT2D eigenvalue weighted by molar-refractivity contribution is 0.146. The van der Waals surface area contributed by atoms with Crippen molar-refractivity contribution in [3.05, 3.63) is 20.5 Å². The highest BCUT2D eigenvalue weighted by atomic mass is 127. The van der Waals surface area contributed by atoms with Gasteiger partial charge in [-0.3, -0.25) is 0 Å². The molecule has 0 fully saturated rings. The summed E-state index contributed by atoms with van der Waals surface area (Å²) in [5, 5.41) is 4.41. The molecule has 0 aliphatic rings. The molecule has 15 heavy (non-hydrogen) atoms. The number of nitrogens with two attached hydrogens (primary N) is 1. The van der Waals surface area contributed by atoms with Crippen LogP contribution in [-0.2, 0) is 10.0 Å². The first-order chi connectivity index (χ1) is 6.73. The third-order valence-corrected chi connectivity index (χ3v) is 3.85. The van der Waals surface area contributed by atoms with Gasteiger partial charge in [0.15, 0.2) is 0 Å². The van der Waals surface area contributed by atoms with Gasteiger partial charge in [-0.15, -0.1) is 0 Å². The van der Waals surface area contributed by atoms with Gasteiger partial charge in [-0.05, 0) is 28.7 Å². The van der Waals surface area contributed by atoms with E-state index in [0.717, 1.165) is 6.07 Å². The molecule has 2 N–H and O–H groups in total. The number of hydrogen-bond acceptors (Lipinski definition) is 3. The van der Waals surface area contributed by atoms with E-state index in [-0.39, 0.29) is 8.60 Å². The van der Waals surface area contributed by atoms with Gasteiger partial charge in [0.1, 0.15) is 14.3 Å². The summed E-state index contributed by atoms with van der Waals surface area (Å²) in [6, 6.07) is 0.868. The van der Waals surface area contributed by atoms with Crippen LogP contribution in [0, 0.1) is 3.70 Å². The second kappa shape index (κ2) is 4.44. The largest absolute Gasteiger partial charge is 0.281 e. The quantitative estimate of drug-likeness (QED) is 0.640. The van der Waals surface area contributed by atoms with Crippen molar-refractivity contribution in [3.8, 4) is 0 Å². The third-order valence-electron chi connectivity index (χ3n) is 1.44. The molecule has 0 saturated carbocycles. The lowest BCUT2D eigenvalue weighted by Gasteiger charge is -2.06. The van der Waals surface area contributed by atoms with Crippen LogP contribution < -0.4 is 5.14 Å². The number of primary sulfonamides is 1. The normalized spacial score (nSPS) is 12.1. The molecule has 0 unspecified atom stereocenters. The van der Waals surface area contributed by atoms with Crippen LogP contribution >= 0.6 is 34.2 Å². The van der Waals surface area contributed by atoms with Crippen molar-refractivity contribution in [1.29, 1.82) is 0 Å². The molecule has 0 spiro atoms. The molecule has 1 rings (SSSR count). The molecule has 84 valence electrons. The van der Waals surface area contributed by atoms with Gasteiger partial charge < -0.3 is 0 Å². The molecule has 1 aromatic heterocycles. The van der Waals surface area contributed by atoms with E-state index in [4.69, 9.17) is 16.7 Å². The standard InChI is InChI=1S/C6H4ClF2IN2O2S/c7-2-1-3(15(11,13)14)6(10)12-4(2)5(8)9/h1,5H,(H2,11,13,14). The fraction of sp³-hybridized carbons (Fsp3) is 0.167. The van der Waals surface area contributed by atoms with Crippen LogP contribution in [0.15, 0.2) is 11.0 Å². The van der Waals surface area contributed by atoms with E-state index < -0.39 is 27.2 Å². The fourth-order valence-electron chi connectivity index (χ4n) is 0.815. The highest BCUT2D eigenvalue weighted by Crippen LogP contribution is 2.28. The molecule has 4 nitrogen and oxygen atoms in total. The van der Waals surface area contributed by atoms with E-state index in [1.165, 1.54) is 22.6 Å². The summed E-state index contributed by atoms with van der Waals surface area (Å²) in [5.41, 5.74) is -0.659. The van der Waals surface area contributed by atoms with Gasteiger partial charge in [0.25, 0.3) is 6.43 Å². The van der Waals surface area contributed by atoms with Gasteiger partial charge in [0.05, 0.1) is 5.02 Å². The lowest BCUT2D eigenvalue weighted by atomic mass is 10.3. The van der Waals surface area contributed by atoms with Crippen molar-refractivity contribution in [1.82, 2.24) is 4.98 Å². The molecule has 1 aromatic rings. The van der Waals surface area contributed by atoms with Crippen molar-refractivity contribution in [3.63, 3.8) is 0 Å². The molecule has 9 heteroatoms. The Kier molecular flexibility index (Phi) is 3.85. The zero-order valence-electron chi connectivity index (χ0n) is 6.92. The highest BCUT2D eigenvalue weighted by molar-refractivity contribution is 14.1. The van der Waals surface area contributed by atoms with Gasteiger partial charge in [0.2, 0.25) is 10.0 Å². The maximum absolute atomic E-state index is 12.3. The topological polar surface area (TPSA) is 73.1 Å². The molecule has 1 heterocycles. The fourth-order valence-corrected chi connectivity index (χ4v) is 3.01. The summed E-state index contributed by atoms with van der Waals surface area (Å²) in [5.74, 6) is 0. The van der Waals surface area contributed by atoms with E-state index in [1.54, 1.807) is 0 Å². The minimum Gasteiger partial charge on any atom is -0.238 e. The smallest absolute Gasteiger partial charge is 0.238 e. The molecule has 0 aliphatic heterocycles. The van der Waals surface area contributed by atoms with Crippen LogP contribution in [0.4, 0.5) is 8.78 Å². The number of alkyl halides is 2. The van der Waals surface area contributed by atoms with Crippen LogP contribution in [-0.4, -0.2) is 13.4 Å². The minimum atomic E-state index is -4.00. The number of aromatic nitrogens is 1. The Morgan fingerprint density at radius 2 is 2.07 bits per heavy atom. The number of pyridine rings is 1. The van der Waals surface area contributed by atoms with E-state index in [2.05, 4.69) is 4.98 Å². The van der Waals surface area contributed by atoms with Crippen molar-refractivity contribution < 1.29 is 17.2 Å². The zero-order valence-corrected chi connectivity index (χ0v) is 10.6. The second-order valence-corrected chi connectivity index (χ2v) is 5.45. The first kappa shape index (κ1) is 13.0. The first-order valence-electron chi connectivity index (χ1n) is 3.40. The van der Waals surface area contributed by atoms with Crippen molar-refractivity contribution in [2.24, 2.45) is 5.14 Å². The Labute approximate surface area is 103 Å².